The van der Waals surface area contributed by atoms with Crippen LogP contribution in [0.2, 0.25) is 0 Å². The van der Waals surface area contributed by atoms with Crippen molar-refractivity contribution in [2.24, 2.45) is 5.73 Å². The molecule has 1 saturated heterocycles. The Labute approximate surface area is 70.4 Å². The molecule has 1 atom stereocenters. The van der Waals surface area contributed by atoms with E-state index in [4.69, 9.17) is 20.3 Å². The van der Waals surface area contributed by atoms with E-state index in [1.165, 1.54) is 0 Å². The molecule has 0 aromatic rings. The predicted octanol–water partition coefficient (Wildman–Crippen LogP) is -0.449. The highest BCUT2D eigenvalue weighted by atomic mass is 16.7. The van der Waals surface area contributed by atoms with Crippen LogP contribution in [0.5, 0.6) is 0 Å². The lowest BCUT2D eigenvalue weighted by Crippen LogP contribution is -2.47. The summed E-state index contributed by atoms with van der Waals surface area (Å²) < 4.78 is 10.4. The Hall–Kier alpha value is -0.650. The number of nitrogens with two attached hydrogens (primary N) is 1. The van der Waals surface area contributed by atoms with Gasteiger partial charge in [0.2, 0.25) is 0 Å². The maximum Gasteiger partial charge on any atom is 0.305 e. The van der Waals surface area contributed by atoms with Gasteiger partial charge < -0.3 is 20.3 Å². The molecular formula is C7H13NO4. The first kappa shape index (κ1) is 9.44. The minimum atomic E-state index is -0.942. The van der Waals surface area contributed by atoms with E-state index < -0.39 is 17.8 Å². The molecule has 0 saturated carbocycles. The van der Waals surface area contributed by atoms with Crippen LogP contribution in [-0.2, 0) is 14.3 Å². The fourth-order valence-electron chi connectivity index (χ4n) is 1.12. The Morgan fingerprint density at radius 1 is 1.67 bits per heavy atom. The van der Waals surface area contributed by atoms with Gasteiger partial charge in [-0.1, -0.05) is 0 Å². The zero-order valence-electron chi connectivity index (χ0n) is 6.95. The summed E-state index contributed by atoms with van der Waals surface area (Å²) >= 11 is 0. The minimum Gasteiger partial charge on any atom is -0.481 e. The first-order valence-corrected chi connectivity index (χ1v) is 3.80. The molecule has 1 fully saturated rings. The molecule has 0 aromatic heterocycles. The van der Waals surface area contributed by atoms with Crippen LogP contribution in [0.15, 0.2) is 0 Å². The van der Waals surface area contributed by atoms with Crippen molar-refractivity contribution in [3.8, 4) is 0 Å². The van der Waals surface area contributed by atoms with E-state index in [1.807, 2.05) is 0 Å². The zero-order valence-corrected chi connectivity index (χ0v) is 6.95. The van der Waals surface area contributed by atoms with Crippen molar-refractivity contribution >= 4 is 5.97 Å². The van der Waals surface area contributed by atoms with Gasteiger partial charge >= 0.3 is 5.97 Å². The van der Waals surface area contributed by atoms with Crippen molar-refractivity contribution in [1.82, 2.24) is 0 Å². The van der Waals surface area contributed by atoms with Crippen LogP contribution >= 0.6 is 0 Å². The summed E-state index contributed by atoms with van der Waals surface area (Å²) in [4.78, 5) is 10.3. The first-order valence-electron chi connectivity index (χ1n) is 3.80. The number of hydrogen-bond acceptors (Lipinski definition) is 4. The quantitative estimate of drug-likeness (QED) is 0.607. The van der Waals surface area contributed by atoms with Gasteiger partial charge in [-0.3, -0.25) is 4.79 Å². The molecule has 5 nitrogen and oxygen atoms in total. The molecule has 1 aliphatic heterocycles. The number of aliphatic carboxylic acids is 1. The first-order chi connectivity index (χ1) is 5.54. The van der Waals surface area contributed by atoms with Gasteiger partial charge in [0.05, 0.1) is 25.7 Å². The molecule has 1 heterocycles. The number of carbonyl (C=O) groups is 1. The molecule has 0 aliphatic carbocycles. The van der Waals surface area contributed by atoms with Gasteiger partial charge in [0.1, 0.15) is 0 Å². The molecule has 3 N–H and O–H groups in total. The van der Waals surface area contributed by atoms with Crippen LogP contribution in [0.1, 0.15) is 13.3 Å². The van der Waals surface area contributed by atoms with Crippen LogP contribution in [-0.4, -0.2) is 36.1 Å². The van der Waals surface area contributed by atoms with Crippen molar-refractivity contribution in [3.63, 3.8) is 0 Å². The Morgan fingerprint density at radius 3 is 2.58 bits per heavy atom. The van der Waals surface area contributed by atoms with Gasteiger partial charge in [0, 0.05) is 0 Å². The largest absolute Gasteiger partial charge is 0.481 e. The lowest BCUT2D eigenvalue weighted by molar-refractivity contribution is -0.166. The van der Waals surface area contributed by atoms with E-state index in [2.05, 4.69) is 0 Å². The molecular weight excluding hydrogens is 162 g/mol. The fraction of sp³-hybridized carbons (Fsp3) is 0.857. The molecule has 1 unspecified atom stereocenters. The van der Waals surface area contributed by atoms with Crippen molar-refractivity contribution in [2.45, 2.75) is 25.2 Å². The molecule has 0 radical (unpaired) electrons. The summed E-state index contributed by atoms with van der Waals surface area (Å²) in [5.41, 5.74) is 5.58. The third-order valence-electron chi connectivity index (χ3n) is 1.93. The number of carboxylic acids is 1. The Kier molecular flexibility index (Phi) is 2.66. The normalized spacial score (nSPS) is 23.8. The predicted molar refractivity (Wildman–Crippen MR) is 40.5 cm³/mol. The molecule has 1 aliphatic rings. The van der Waals surface area contributed by atoms with Crippen LogP contribution < -0.4 is 5.73 Å². The van der Waals surface area contributed by atoms with Crippen molar-refractivity contribution in [3.05, 3.63) is 0 Å². The minimum absolute atomic E-state index is 0.142. The Morgan fingerprint density at radius 2 is 2.17 bits per heavy atom. The molecule has 5 heteroatoms. The summed E-state index contributed by atoms with van der Waals surface area (Å²) in [5.74, 6) is -1.86. The van der Waals surface area contributed by atoms with Crippen LogP contribution in [0, 0.1) is 0 Å². The highest BCUT2D eigenvalue weighted by Crippen LogP contribution is 2.23. The molecule has 12 heavy (non-hydrogen) atoms. The van der Waals surface area contributed by atoms with Gasteiger partial charge in [-0.25, -0.2) is 0 Å². The molecule has 0 aromatic carbocycles. The maximum atomic E-state index is 10.3. The van der Waals surface area contributed by atoms with E-state index in [9.17, 15) is 4.79 Å². The SMILES string of the molecule is CC1(C(N)CC(=O)O)OCCO1. The van der Waals surface area contributed by atoms with Gasteiger partial charge in [0.15, 0.2) is 5.79 Å². The topological polar surface area (TPSA) is 81.8 Å². The average Bonchev–Trinajstić information content (AvgIpc) is 2.36. The summed E-state index contributed by atoms with van der Waals surface area (Å²) in [7, 11) is 0. The zero-order chi connectivity index (χ0) is 9.19. The van der Waals surface area contributed by atoms with Gasteiger partial charge in [-0.05, 0) is 6.92 Å². The molecule has 0 spiro atoms. The van der Waals surface area contributed by atoms with E-state index in [0.29, 0.717) is 13.2 Å². The third kappa shape index (κ3) is 1.94. The van der Waals surface area contributed by atoms with Gasteiger partial charge in [-0.15, -0.1) is 0 Å². The lowest BCUT2D eigenvalue weighted by Gasteiger charge is -2.27. The molecule has 0 amide bonds. The summed E-state index contributed by atoms with van der Waals surface area (Å²) in [6.45, 7) is 2.61. The smallest absolute Gasteiger partial charge is 0.305 e. The van der Waals surface area contributed by atoms with Gasteiger partial charge in [0.25, 0.3) is 0 Å². The highest BCUT2D eigenvalue weighted by Gasteiger charge is 2.38. The second kappa shape index (κ2) is 3.38. The number of rotatable bonds is 3. The van der Waals surface area contributed by atoms with Crippen LogP contribution in [0.25, 0.3) is 0 Å². The third-order valence-corrected chi connectivity index (χ3v) is 1.93. The van der Waals surface area contributed by atoms with E-state index >= 15 is 0 Å². The Balaban J connectivity index is 2.49. The number of carboxylic acid groups (broad SMARTS) is 1. The fourth-order valence-corrected chi connectivity index (χ4v) is 1.12. The summed E-state index contributed by atoms with van der Waals surface area (Å²) in [6, 6.07) is -0.613. The summed E-state index contributed by atoms with van der Waals surface area (Å²) in [6.07, 6.45) is -0.142. The van der Waals surface area contributed by atoms with Crippen LogP contribution in [0.3, 0.4) is 0 Å². The second-order valence-electron chi connectivity index (χ2n) is 2.92. The molecule has 70 valence electrons. The van der Waals surface area contributed by atoms with Crippen LogP contribution in [0.4, 0.5) is 0 Å². The van der Waals surface area contributed by atoms with E-state index in [0.717, 1.165) is 0 Å². The van der Waals surface area contributed by atoms with E-state index in [-0.39, 0.29) is 6.42 Å². The molecule has 0 bridgehead atoms. The second-order valence-corrected chi connectivity index (χ2v) is 2.92. The number of ether oxygens (including phenoxy) is 2. The average molecular weight is 175 g/mol. The van der Waals surface area contributed by atoms with Crippen molar-refractivity contribution in [1.29, 1.82) is 0 Å². The monoisotopic (exact) mass is 175 g/mol. The maximum absolute atomic E-state index is 10.3. The lowest BCUT2D eigenvalue weighted by atomic mass is 10.1. The van der Waals surface area contributed by atoms with Gasteiger partial charge in [-0.2, -0.15) is 0 Å². The highest BCUT2D eigenvalue weighted by molar-refractivity contribution is 5.67. The van der Waals surface area contributed by atoms with Crippen molar-refractivity contribution < 1.29 is 19.4 Å². The van der Waals surface area contributed by atoms with Crippen molar-refractivity contribution in [2.75, 3.05) is 13.2 Å². The number of hydrogen-bond donors (Lipinski definition) is 2. The molecule has 1 rings (SSSR count). The standard InChI is InChI=1S/C7H13NO4/c1-7(11-2-3-12-7)5(8)4-6(9)10/h5H,2-4,8H2,1H3,(H,9,10). The summed E-state index contributed by atoms with van der Waals surface area (Å²) in [5, 5.41) is 8.47. The van der Waals surface area contributed by atoms with E-state index in [1.54, 1.807) is 6.92 Å². The Bertz CT molecular complexity index is 176.